The lowest BCUT2D eigenvalue weighted by Gasteiger charge is -2.25. The summed E-state index contributed by atoms with van der Waals surface area (Å²) in [6.45, 7) is 7.42. The molecule has 0 saturated heterocycles. The molecular formula is C14H21ClFN. The van der Waals surface area contributed by atoms with Crippen LogP contribution in [0.5, 0.6) is 0 Å². The van der Waals surface area contributed by atoms with E-state index < -0.39 is 0 Å². The Kier molecular flexibility index (Phi) is 5.93. The first-order valence-electron chi connectivity index (χ1n) is 6.28. The zero-order valence-electron chi connectivity index (χ0n) is 10.8. The highest BCUT2D eigenvalue weighted by Gasteiger charge is 2.19. The Hall–Kier alpha value is -0.600. The summed E-state index contributed by atoms with van der Waals surface area (Å²) in [5.74, 6) is 0.196. The molecule has 0 bridgehead atoms. The number of rotatable bonds is 6. The van der Waals surface area contributed by atoms with Gasteiger partial charge in [-0.25, -0.2) is 4.39 Å². The molecule has 0 spiro atoms. The Morgan fingerprint density at radius 3 is 2.59 bits per heavy atom. The van der Waals surface area contributed by atoms with Crippen LogP contribution in [0.1, 0.15) is 45.2 Å². The number of nitrogens with one attached hydrogen (secondary N) is 1. The zero-order chi connectivity index (χ0) is 12.8. The summed E-state index contributed by atoms with van der Waals surface area (Å²) in [6.07, 6.45) is 2.14. The van der Waals surface area contributed by atoms with E-state index in [1.807, 2.05) is 0 Å². The number of benzene rings is 1. The molecule has 0 aliphatic rings. The molecular weight excluding hydrogens is 237 g/mol. The van der Waals surface area contributed by atoms with E-state index in [1.165, 1.54) is 12.1 Å². The first-order valence-corrected chi connectivity index (χ1v) is 6.66. The van der Waals surface area contributed by atoms with E-state index in [1.54, 1.807) is 6.07 Å². The monoisotopic (exact) mass is 257 g/mol. The Morgan fingerprint density at radius 2 is 2.06 bits per heavy atom. The van der Waals surface area contributed by atoms with Gasteiger partial charge in [-0.05, 0) is 36.6 Å². The van der Waals surface area contributed by atoms with Crippen LogP contribution in [0.2, 0.25) is 5.02 Å². The molecule has 0 radical (unpaired) electrons. The van der Waals surface area contributed by atoms with Crippen LogP contribution in [0, 0.1) is 11.7 Å². The molecule has 2 unspecified atom stereocenters. The molecule has 1 N–H and O–H groups in total. The van der Waals surface area contributed by atoms with Crippen molar-refractivity contribution in [1.29, 1.82) is 0 Å². The van der Waals surface area contributed by atoms with Crippen LogP contribution in [0.3, 0.4) is 0 Å². The molecule has 0 amide bonds. The van der Waals surface area contributed by atoms with Crippen molar-refractivity contribution in [3.8, 4) is 0 Å². The molecule has 0 aliphatic carbocycles. The molecule has 0 aromatic heterocycles. The van der Waals surface area contributed by atoms with Gasteiger partial charge in [0.1, 0.15) is 5.82 Å². The van der Waals surface area contributed by atoms with Crippen LogP contribution in [0.4, 0.5) is 4.39 Å². The Morgan fingerprint density at radius 1 is 1.35 bits per heavy atom. The van der Waals surface area contributed by atoms with Gasteiger partial charge in [-0.2, -0.15) is 0 Å². The summed E-state index contributed by atoms with van der Waals surface area (Å²) in [7, 11) is 0. The second kappa shape index (κ2) is 6.97. The Labute approximate surface area is 108 Å². The zero-order valence-corrected chi connectivity index (χ0v) is 11.5. The van der Waals surface area contributed by atoms with E-state index in [0.29, 0.717) is 10.9 Å². The van der Waals surface area contributed by atoms with Gasteiger partial charge in [-0.1, -0.05) is 44.9 Å². The van der Waals surface area contributed by atoms with Crippen molar-refractivity contribution < 1.29 is 4.39 Å². The van der Waals surface area contributed by atoms with Crippen LogP contribution >= 0.6 is 11.6 Å². The summed E-state index contributed by atoms with van der Waals surface area (Å²) in [4.78, 5) is 0. The minimum Gasteiger partial charge on any atom is -0.310 e. The van der Waals surface area contributed by atoms with Gasteiger partial charge in [0.2, 0.25) is 0 Å². The van der Waals surface area contributed by atoms with Crippen LogP contribution in [-0.4, -0.2) is 6.54 Å². The highest BCUT2D eigenvalue weighted by molar-refractivity contribution is 6.31. The molecule has 1 rings (SSSR count). The van der Waals surface area contributed by atoms with Gasteiger partial charge in [0.05, 0.1) is 0 Å². The van der Waals surface area contributed by atoms with Gasteiger partial charge in [0, 0.05) is 11.1 Å². The fraction of sp³-hybridized carbons (Fsp3) is 0.571. The topological polar surface area (TPSA) is 12.0 Å². The van der Waals surface area contributed by atoms with E-state index in [4.69, 9.17) is 11.6 Å². The molecule has 1 nitrogen and oxygen atoms in total. The van der Waals surface area contributed by atoms with Crippen molar-refractivity contribution in [2.24, 2.45) is 5.92 Å². The quantitative estimate of drug-likeness (QED) is 0.787. The third-order valence-corrected chi connectivity index (χ3v) is 3.45. The lowest BCUT2D eigenvalue weighted by Crippen LogP contribution is -2.27. The summed E-state index contributed by atoms with van der Waals surface area (Å²) in [5.41, 5.74) is 0.996. The molecule has 96 valence electrons. The largest absolute Gasteiger partial charge is 0.310 e. The fourth-order valence-corrected chi connectivity index (χ4v) is 2.19. The Bertz CT molecular complexity index is 354. The maximum Gasteiger partial charge on any atom is 0.124 e. The second-order valence-electron chi connectivity index (χ2n) is 4.48. The standard InChI is InChI=1S/C14H21ClFN/c1-4-8-17-14(10(3)5-2)12-7-6-11(16)9-13(12)15/h6-7,9-10,14,17H,4-5,8H2,1-3H3. The lowest BCUT2D eigenvalue weighted by atomic mass is 9.92. The van der Waals surface area contributed by atoms with Crippen molar-refractivity contribution in [3.63, 3.8) is 0 Å². The van der Waals surface area contributed by atoms with Crippen molar-refractivity contribution in [2.75, 3.05) is 6.54 Å². The number of halogens is 2. The molecule has 0 fully saturated rings. The summed E-state index contributed by atoms with van der Waals surface area (Å²) >= 11 is 6.12. The maximum absolute atomic E-state index is 13.0. The van der Waals surface area contributed by atoms with Gasteiger partial charge < -0.3 is 5.32 Å². The SMILES string of the molecule is CCCNC(c1ccc(F)cc1Cl)C(C)CC. The van der Waals surface area contributed by atoms with Crippen LogP contribution in [0.25, 0.3) is 0 Å². The fourth-order valence-electron chi connectivity index (χ4n) is 1.91. The van der Waals surface area contributed by atoms with Gasteiger partial charge in [-0.15, -0.1) is 0 Å². The smallest absolute Gasteiger partial charge is 0.124 e. The van der Waals surface area contributed by atoms with E-state index >= 15 is 0 Å². The predicted molar refractivity (Wildman–Crippen MR) is 71.9 cm³/mol. The van der Waals surface area contributed by atoms with E-state index in [9.17, 15) is 4.39 Å². The molecule has 1 aromatic carbocycles. The molecule has 0 saturated carbocycles. The minimum absolute atomic E-state index is 0.202. The van der Waals surface area contributed by atoms with Crippen molar-refractivity contribution in [2.45, 2.75) is 39.7 Å². The normalized spacial score (nSPS) is 14.6. The Balaban J connectivity index is 2.95. The number of hydrogen-bond acceptors (Lipinski definition) is 1. The highest BCUT2D eigenvalue weighted by atomic mass is 35.5. The van der Waals surface area contributed by atoms with Crippen molar-refractivity contribution in [1.82, 2.24) is 5.32 Å². The van der Waals surface area contributed by atoms with Gasteiger partial charge >= 0.3 is 0 Å². The first-order chi connectivity index (χ1) is 8.10. The summed E-state index contributed by atoms with van der Waals surface area (Å²) in [5, 5.41) is 4.00. The second-order valence-corrected chi connectivity index (χ2v) is 4.89. The van der Waals surface area contributed by atoms with Crippen LogP contribution in [-0.2, 0) is 0 Å². The van der Waals surface area contributed by atoms with E-state index in [-0.39, 0.29) is 11.9 Å². The third kappa shape index (κ3) is 3.97. The molecule has 0 heterocycles. The molecule has 0 aliphatic heterocycles. The van der Waals surface area contributed by atoms with Crippen molar-refractivity contribution in [3.05, 3.63) is 34.6 Å². The first kappa shape index (κ1) is 14.5. The van der Waals surface area contributed by atoms with E-state index in [0.717, 1.165) is 24.9 Å². The average molecular weight is 258 g/mol. The molecule has 17 heavy (non-hydrogen) atoms. The van der Waals surface area contributed by atoms with Crippen LogP contribution in [0.15, 0.2) is 18.2 Å². The molecule has 3 heteroatoms. The van der Waals surface area contributed by atoms with E-state index in [2.05, 4.69) is 26.1 Å². The molecule has 2 atom stereocenters. The number of hydrogen-bond donors (Lipinski definition) is 1. The average Bonchev–Trinajstić information content (AvgIpc) is 2.31. The van der Waals surface area contributed by atoms with Gasteiger partial charge in [0.15, 0.2) is 0 Å². The van der Waals surface area contributed by atoms with Crippen molar-refractivity contribution >= 4 is 11.6 Å². The maximum atomic E-state index is 13.0. The molecule has 1 aromatic rings. The summed E-state index contributed by atoms with van der Waals surface area (Å²) in [6, 6.07) is 4.86. The van der Waals surface area contributed by atoms with Crippen LogP contribution < -0.4 is 5.32 Å². The lowest BCUT2D eigenvalue weighted by molar-refractivity contribution is 0.377. The van der Waals surface area contributed by atoms with Gasteiger partial charge in [0.25, 0.3) is 0 Å². The predicted octanol–water partition coefficient (Wildman–Crippen LogP) is 4.57. The van der Waals surface area contributed by atoms with Gasteiger partial charge in [-0.3, -0.25) is 0 Å². The minimum atomic E-state index is -0.280. The third-order valence-electron chi connectivity index (χ3n) is 3.12. The highest BCUT2D eigenvalue weighted by Crippen LogP contribution is 2.30. The summed E-state index contributed by atoms with van der Waals surface area (Å²) < 4.78 is 13.0.